The van der Waals surface area contributed by atoms with Crippen molar-refractivity contribution < 1.29 is 19.2 Å². The monoisotopic (exact) mass is 361 g/mol. The van der Waals surface area contributed by atoms with Crippen molar-refractivity contribution in [1.29, 1.82) is 0 Å². The van der Waals surface area contributed by atoms with Crippen LogP contribution < -0.4 is 5.32 Å². The quantitative estimate of drug-likeness (QED) is 0.656. The second kappa shape index (κ2) is 7.60. The predicted molar refractivity (Wildman–Crippen MR) is 85.1 cm³/mol. The topological polar surface area (TPSA) is 102 Å². The van der Waals surface area contributed by atoms with Crippen LogP contribution in [0.2, 0.25) is 4.34 Å². The number of carbonyl (C=O) groups is 2. The van der Waals surface area contributed by atoms with Crippen LogP contribution in [0, 0.1) is 10.1 Å². The first-order chi connectivity index (χ1) is 10.9. The molecule has 1 aromatic heterocycles. The zero-order valence-electron chi connectivity index (χ0n) is 12.4. The molecular weight excluding hydrogens is 346 g/mol. The summed E-state index contributed by atoms with van der Waals surface area (Å²) in [4.78, 5) is 35.7. The van der Waals surface area contributed by atoms with Gasteiger partial charge in [0.2, 0.25) is 0 Å². The summed E-state index contributed by atoms with van der Waals surface area (Å²) in [7, 11) is 0. The Kier molecular flexibility index (Phi) is 5.78. The molecule has 1 N–H and O–H groups in total. The molecule has 0 spiro atoms. The maximum absolute atomic E-state index is 12.1. The molecule has 1 aliphatic rings. The molecule has 0 aromatic carbocycles. The standard InChI is InChI=1S/C13H16ClN3O5S/c1-2-22-13(19)16-5-3-8(4-6-16)15-12(18)10-7-9(17(20)21)11(14)23-10/h7-8H,2-6H2,1H3,(H,15,18). The lowest BCUT2D eigenvalue weighted by molar-refractivity contribution is -0.384. The van der Waals surface area contributed by atoms with E-state index in [4.69, 9.17) is 16.3 Å². The molecule has 10 heteroatoms. The van der Waals surface area contributed by atoms with Crippen molar-refractivity contribution in [3.63, 3.8) is 0 Å². The van der Waals surface area contributed by atoms with Crippen LogP contribution in [0.5, 0.6) is 0 Å². The summed E-state index contributed by atoms with van der Waals surface area (Å²) in [6.45, 7) is 3.06. The molecule has 2 heterocycles. The van der Waals surface area contributed by atoms with Gasteiger partial charge in [-0.1, -0.05) is 11.6 Å². The molecule has 0 aliphatic carbocycles. The van der Waals surface area contributed by atoms with Crippen LogP contribution >= 0.6 is 22.9 Å². The van der Waals surface area contributed by atoms with Crippen molar-refractivity contribution in [3.05, 3.63) is 25.4 Å². The minimum Gasteiger partial charge on any atom is -0.450 e. The lowest BCUT2D eigenvalue weighted by Crippen LogP contribution is -2.46. The molecule has 8 nitrogen and oxygen atoms in total. The Morgan fingerprint density at radius 1 is 1.52 bits per heavy atom. The van der Waals surface area contributed by atoms with E-state index in [0.29, 0.717) is 32.5 Å². The highest BCUT2D eigenvalue weighted by atomic mass is 35.5. The highest BCUT2D eigenvalue weighted by Gasteiger charge is 2.26. The third-order valence-corrected chi connectivity index (χ3v) is 4.78. The van der Waals surface area contributed by atoms with Gasteiger partial charge in [0.15, 0.2) is 4.34 Å². The molecular formula is C13H16ClN3O5S. The van der Waals surface area contributed by atoms with Crippen LogP contribution in [0.3, 0.4) is 0 Å². The first kappa shape index (κ1) is 17.5. The predicted octanol–water partition coefficient (Wildman–Crippen LogP) is 2.66. The zero-order chi connectivity index (χ0) is 17.0. The molecule has 126 valence electrons. The Bertz CT molecular complexity index is 613. The van der Waals surface area contributed by atoms with E-state index < -0.39 is 4.92 Å². The molecule has 1 aromatic rings. The Hall–Kier alpha value is -1.87. The van der Waals surface area contributed by atoms with E-state index in [1.165, 1.54) is 6.07 Å². The fourth-order valence-electron chi connectivity index (χ4n) is 2.27. The van der Waals surface area contributed by atoms with Gasteiger partial charge in [-0.15, -0.1) is 11.3 Å². The van der Waals surface area contributed by atoms with Crippen molar-refractivity contribution in [2.45, 2.75) is 25.8 Å². The number of likely N-dealkylation sites (tertiary alicyclic amines) is 1. The van der Waals surface area contributed by atoms with Gasteiger partial charge in [0.1, 0.15) is 4.88 Å². The Morgan fingerprint density at radius 2 is 2.17 bits per heavy atom. The van der Waals surface area contributed by atoms with Gasteiger partial charge in [0, 0.05) is 25.2 Å². The molecule has 0 radical (unpaired) electrons. The van der Waals surface area contributed by atoms with Gasteiger partial charge < -0.3 is 15.0 Å². The fraction of sp³-hybridized carbons (Fsp3) is 0.538. The fourth-order valence-corrected chi connectivity index (χ4v) is 3.40. The SMILES string of the molecule is CCOC(=O)N1CCC(NC(=O)c2cc([N+](=O)[O-])c(Cl)s2)CC1. The molecule has 1 fully saturated rings. The molecule has 0 saturated carbocycles. The number of amides is 2. The molecule has 0 unspecified atom stereocenters. The number of carbonyl (C=O) groups excluding carboxylic acids is 2. The number of rotatable bonds is 4. The van der Waals surface area contributed by atoms with Crippen molar-refractivity contribution in [3.8, 4) is 0 Å². The van der Waals surface area contributed by atoms with E-state index in [0.717, 1.165) is 11.3 Å². The van der Waals surface area contributed by atoms with E-state index >= 15 is 0 Å². The number of nitro groups is 1. The molecule has 0 atom stereocenters. The number of ether oxygens (including phenoxy) is 1. The van der Waals surface area contributed by atoms with Gasteiger partial charge in [-0.25, -0.2) is 4.79 Å². The van der Waals surface area contributed by atoms with Crippen LogP contribution in [0.15, 0.2) is 6.07 Å². The average molecular weight is 362 g/mol. The number of hydrogen-bond donors (Lipinski definition) is 1. The first-order valence-electron chi connectivity index (χ1n) is 7.08. The smallest absolute Gasteiger partial charge is 0.409 e. The molecule has 0 bridgehead atoms. The summed E-state index contributed by atoms with van der Waals surface area (Å²) in [5.41, 5.74) is -0.265. The summed E-state index contributed by atoms with van der Waals surface area (Å²) in [5, 5.41) is 13.6. The molecule has 2 rings (SSSR count). The number of halogens is 1. The lowest BCUT2D eigenvalue weighted by atomic mass is 10.1. The third kappa shape index (κ3) is 4.32. The highest BCUT2D eigenvalue weighted by Crippen LogP contribution is 2.33. The van der Waals surface area contributed by atoms with Gasteiger partial charge in [0.25, 0.3) is 11.6 Å². The van der Waals surface area contributed by atoms with Crippen molar-refractivity contribution in [1.82, 2.24) is 10.2 Å². The summed E-state index contributed by atoms with van der Waals surface area (Å²) in [5.74, 6) is -0.389. The number of nitrogens with zero attached hydrogens (tertiary/aromatic N) is 2. The minimum atomic E-state index is -0.618. The molecule has 2 amide bonds. The largest absolute Gasteiger partial charge is 0.450 e. The molecule has 23 heavy (non-hydrogen) atoms. The van der Waals surface area contributed by atoms with Gasteiger partial charge in [-0.05, 0) is 19.8 Å². The second-order valence-corrected chi connectivity index (χ2v) is 6.61. The Balaban J connectivity index is 1.89. The van der Waals surface area contributed by atoms with E-state index in [1.54, 1.807) is 11.8 Å². The van der Waals surface area contributed by atoms with Crippen molar-refractivity contribution in [2.24, 2.45) is 0 Å². The maximum atomic E-state index is 12.1. The van der Waals surface area contributed by atoms with Crippen LogP contribution in [0.1, 0.15) is 29.4 Å². The number of thiophene rings is 1. The highest BCUT2D eigenvalue weighted by molar-refractivity contribution is 7.18. The van der Waals surface area contributed by atoms with Crippen LogP contribution in [-0.4, -0.2) is 47.6 Å². The summed E-state index contributed by atoms with van der Waals surface area (Å²) in [6, 6.07) is 1.09. The van der Waals surface area contributed by atoms with Gasteiger partial charge in [0.05, 0.1) is 11.5 Å². The first-order valence-corrected chi connectivity index (χ1v) is 8.28. The van der Waals surface area contributed by atoms with Crippen LogP contribution in [0.25, 0.3) is 0 Å². The molecule has 1 aliphatic heterocycles. The zero-order valence-corrected chi connectivity index (χ0v) is 14.0. The van der Waals surface area contributed by atoms with E-state index in [-0.39, 0.29) is 32.9 Å². The summed E-state index contributed by atoms with van der Waals surface area (Å²) in [6.07, 6.45) is 0.857. The number of nitrogens with one attached hydrogen (secondary N) is 1. The van der Waals surface area contributed by atoms with Crippen LogP contribution in [-0.2, 0) is 4.74 Å². The van der Waals surface area contributed by atoms with E-state index in [9.17, 15) is 19.7 Å². The van der Waals surface area contributed by atoms with Gasteiger partial charge in [-0.2, -0.15) is 0 Å². The van der Waals surface area contributed by atoms with Crippen LogP contribution in [0.4, 0.5) is 10.5 Å². The van der Waals surface area contributed by atoms with E-state index in [2.05, 4.69) is 5.32 Å². The van der Waals surface area contributed by atoms with Crippen molar-refractivity contribution in [2.75, 3.05) is 19.7 Å². The minimum absolute atomic E-state index is 0.0164. The van der Waals surface area contributed by atoms with E-state index in [1.807, 2.05) is 0 Å². The second-order valence-electron chi connectivity index (χ2n) is 4.96. The maximum Gasteiger partial charge on any atom is 0.409 e. The van der Waals surface area contributed by atoms with Crippen molar-refractivity contribution >= 4 is 40.6 Å². The lowest BCUT2D eigenvalue weighted by Gasteiger charge is -2.31. The number of piperidine rings is 1. The Morgan fingerprint density at radius 3 is 2.70 bits per heavy atom. The third-order valence-electron chi connectivity index (χ3n) is 3.45. The Labute approximate surface area is 141 Å². The summed E-state index contributed by atoms with van der Waals surface area (Å²) >= 11 is 6.63. The number of hydrogen-bond acceptors (Lipinski definition) is 6. The average Bonchev–Trinajstić information content (AvgIpc) is 2.90. The summed E-state index contributed by atoms with van der Waals surface area (Å²) < 4.78 is 4.91. The van der Waals surface area contributed by atoms with Gasteiger partial charge >= 0.3 is 6.09 Å². The molecule has 1 saturated heterocycles. The van der Waals surface area contributed by atoms with Gasteiger partial charge in [-0.3, -0.25) is 14.9 Å². The normalized spacial score (nSPS) is 15.3.